The first-order valence-electron chi connectivity index (χ1n) is 7.89. The standard InChI is InChI=1S/C19H23NO2/c1-2-3-4-6-9-16-12-14-18(15-13-16)20(19(21)22)17-10-7-5-8-11-17/h5,7-8,10-15H,2-4,6,9H2,1H3,(H,21,22). The monoisotopic (exact) mass is 297 g/mol. The van der Waals surface area contributed by atoms with Crippen molar-refractivity contribution in [3.8, 4) is 0 Å². The van der Waals surface area contributed by atoms with Crippen molar-refractivity contribution in [3.05, 3.63) is 60.2 Å². The molecule has 2 rings (SSSR count). The quantitative estimate of drug-likeness (QED) is 0.673. The van der Waals surface area contributed by atoms with Gasteiger partial charge in [-0.2, -0.15) is 0 Å². The van der Waals surface area contributed by atoms with Crippen molar-refractivity contribution < 1.29 is 9.90 Å². The number of carboxylic acid groups (broad SMARTS) is 1. The smallest absolute Gasteiger partial charge is 0.416 e. The molecule has 0 heterocycles. The van der Waals surface area contributed by atoms with E-state index in [9.17, 15) is 9.90 Å². The van der Waals surface area contributed by atoms with Crippen molar-refractivity contribution in [2.45, 2.75) is 39.0 Å². The van der Waals surface area contributed by atoms with Crippen LogP contribution < -0.4 is 4.90 Å². The highest BCUT2D eigenvalue weighted by atomic mass is 16.4. The Hall–Kier alpha value is -2.29. The Labute approximate surface area is 132 Å². The molecule has 3 heteroatoms. The number of rotatable bonds is 7. The Balaban J connectivity index is 2.08. The van der Waals surface area contributed by atoms with E-state index in [-0.39, 0.29) is 0 Å². The zero-order valence-corrected chi connectivity index (χ0v) is 13.0. The lowest BCUT2D eigenvalue weighted by atomic mass is 10.1. The third kappa shape index (κ3) is 4.35. The van der Waals surface area contributed by atoms with Gasteiger partial charge in [0.25, 0.3) is 0 Å². The Morgan fingerprint density at radius 2 is 1.55 bits per heavy atom. The number of nitrogens with zero attached hydrogens (tertiary/aromatic N) is 1. The van der Waals surface area contributed by atoms with E-state index in [1.54, 1.807) is 12.1 Å². The largest absolute Gasteiger partial charge is 0.464 e. The number of amides is 1. The van der Waals surface area contributed by atoms with Gasteiger partial charge >= 0.3 is 6.09 Å². The van der Waals surface area contributed by atoms with E-state index in [1.165, 1.54) is 36.1 Å². The molecule has 0 radical (unpaired) electrons. The molecule has 0 saturated heterocycles. The van der Waals surface area contributed by atoms with E-state index in [0.717, 1.165) is 6.42 Å². The van der Waals surface area contributed by atoms with Crippen LogP contribution in [0.5, 0.6) is 0 Å². The molecule has 0 bridgehead atoms. The number of unbranched alkanes of at least 4 members (excludes halogenated alkanes) is 3. The molecule has 3 nitrogen and oxygen atoms in total. The lowest BCUT2D eigenvalue weighted by Crippen LogP contribution is -2.23. The summed E-state index contributed by atoms with van der Waals surface area (Å²) in [5.41, 5.74) is 2.60. The maximum absolute atomic E-state index is 11.6. The summed E-state index contributed by atoms with van der Waals surface area (Å²) in [5.74, 6) is 0. The molecule has 0 aliphatic rings. The summed E-state index contributed by atoms with van der Waals surface area (Å²) >= 11 is 0. The van der Waals surface area contributed by atoms with Crippen LogP contribution in [-0.2, 0) is 6.42 Å². The Morgan fingerprint density at radius 1 is 0.909 bits per heavy atom. The Kier molecular flexibility index (Phi) is 6.01. The van der Waals surface area contributed by atoms with E-state index in [4.69, 9.17) is 0 Å². The lowest BCUT2D eigenvalue weighted by molar-refractivity contribution is 0.205. The number of benzene rings is 2. The molecule has 2 aromatic rings. The minimum Gasteiger partial charge on any atom is -0.464 e. The third-order valence-electron chi connectivity index (χ3n) is 3.72. The number of anilines is 2. The van der Waals surface area contributed by atoms with Gasteiger partial charge in [0.05, 0.1) is 11.4 Å². The SMILES string of the molecule is CCCCCCc1ccc(N(C(=O)O)c2ccccc2)cc1. The summed E-state index contributed by atoms with van der Waals surface area (Å²) < 4.78 is 0. The molecule has 2 aromatic carbocycles. The summed E-state index contributed by atoms with van der Waals surface area (Å²) in [4.78, 5) is 12.9. The molecule has 0 fully saturated rings. The van der Waals surface area contributed by atoms with Crippen LogP contribution in [-0.4, -0.2) is 11.2 Å². The molecule has 116 valence electrons. The second kappa shape index (κ2) is 8.23. The number of para-hydroxylation sites is 1. The second-order valence-electron chi connectivity index (χ2n) is 5.43. The van der Waals surface area contributed by atoms with E-state index in [1.807, 2.05) is 42.5 Å². The van der Waals surface area contributed by atoms with Crippen molar-refractivity contribution in [2.75, 3.05) is 4.90 Å². The van der Waals surface area contributed by atoms with Crippen LogP contribution in [0, 0.1) is 0 Å². The fraction of sp³-hybridized carbons (Fsp3) is 0.316. The van der Waals surface area contributed by atoms with Gasteiger partial charge in [-0.1, -0.05) is 56.5 Å². The number of hydrogen-bond acceptors (Lipinski definition) is 1. The van der Waals surface area contributed by atoms with Crippen LogP contribution in [0.1, 0.15) is 38.2 Å². The van der Waals surface area contributed by atoms with Crippen LogP contribution in [0.4, 0.5) is 16.2 Å². The first-order chi connectivity index (χ1) is 10.7. The molecule has 0 aliphatic heterocycles. The van der Waals surface area contributed by atoms with Crippen LogP contribution in [0.15, 0.2) is 54.6 Å². The summed E-state index contributed by atoms with van der Waals surface area (Å²) in [7, 11) is 0. The van der Waals surface area contributed by atoms with E-state index >= 15 is 0 Å². The Morgan fingerprint density at radius 3 is 2.14 bits per heavy atom. The van der Waals surface area contributed by atoms with Crippen molar-refractivity contribution in [2.24, 2.45) is 0 Å². The van der Waals surface area contributed by atoms with E-state index in [0.29, 0.717) is 11.4 Å². The summed E-state index contributed by atoms with van der Waals surface area (Å²) in [6, 6.07) is 17.0. The predicted molar refractivity (Wildman–Crippen MR) is 90.9 cm³/mol. The van der Waals surface area contributed by atoms with Gasteiger partial charge in [-0.25, -0.2) is 9.69 Å². The number of hydrogen-bond donors (Lipinski definition) is 1. The zero-order valence-electron chi connectivity index (χ0n) is 13.0. The van der Waals surface area contributed by atoms with Crippen LogP contribution in [0.25, 0.3) is 0 Å². The number of carbonyl (C=O) groups is 1. The second-order valence-corrected chi connectivity index (χ2v) is 5.43. The molecule has 1 amide bonds. The third-order valence-corrected chi connectivity index (χ3v) is 3.72. The van der Waals surface area contributed by atoms with E-state index < -0.39 is 6.09 Å². The molecular weight excluding hydrogens is 274 g/mol. The van der Waals surface area contributed by atoms with Gasteiger partial charge in [-0.3, -0.25) is 0 Å². The zero-order chi connectivity index (χ0) is 15.8. The van der Waals surface area contributed by atoms with Gasteiger partial charge in [0.2, 0.25) is 0 Å². The highest BCUT2D eigenvalue weighted by Crippen LogP contribution is 2.25. The molecule has 0 saturated carbocycles. The molecule has 1 N–H and O–H groups in total. The fourth-order valence-electron chi connectivity index (χ4n) is 2.51. The summed E-state index contributed by atoms with van der Waals surface area (Å²) in [6.07, 6.45) is 5.04. The summed E-state index contributed by atoms with van der Waals surface area (Å²) in [5, 5.41) is 9.48. The molecule has 0 atom stereocenters. The van der Waals surface area contributed by atoms with Crippen molar-refractivity contribution in [1.82, 2.24) is 0 Å². The van der Waals surface area contributed by atoms with Gasteiger partial charge in [-0.15, -0.1) is 0 Å². The van der Waals surface area contributed by atoms with Gasteiger partial charge in [-0.05, 0) is 42.7 Å². The average Bonchev–Trinajstić information content (AvgIpc) is 2.54. The van der Waals surface area contributed by atoms with Gasteiger partial charge in [0.15, 0.2) is 0 Å². The Bertz CT molecular complexity index is 578. The predicted octanol–water partition coefficient (Wildman–Crippen LogP) is 5.63. The van der Waals surface area contributed by atoms with Gasteiger partial charge in [0, 0.05) is 0 Å². The minimum atomic E-state index is -0.970. The van der Waals surface area contributed by atoms with Crippen LogP contribution >= 0.6 is 0 Å². The van der Waals surface area contributed by atoms with Gasteiger partial charge in [0.1, 0.15) is 0 Å². The molecule has 0 unspecified atom stereocenters. The van der Waals surface area contributed by atoms with Crippen molar-refractivity contribution >= 4 is 17.5 Å². The van der Waals surface area contributed by atoms with Crippen LogP contribution in [0.2, 0.25) is 0 Å². The van der Waals surface area contributed by atoms with Crippen molar-refractivity contribution in [3.63, 3.8) is 0 Å². The molecule has 0 aromatic heterocycles. The maximum Gasteiger partial charge on any atom is 0.416 e. The fourth-order valence-corrected chi connectivity index (χ4v) is 2.51. The maximum atomic E-state index is 11.6. The average molecular weight is 297 g/mol. The molecular formula is C19H23NO2. The normalized spacial score (nSPS) is 10.4. The molecule has 0 aliphatic carbocycles. The minimum absolute atomic E-state index is 0.658. The first kappa shape index (κ1) is 16.1. The topological polar surface area (TPSA) is 40.5 Å². The molecule has 0 spiro atoms. The lowest BCUT2D eigenvalue weighted by Gasteiger charge is -2.19. The van der Waals surface area contributed by atoms with Crippen LogP contribution in [0.3, 0.4) is 0 Å². The summed E-state index contributed by atoms with van der Waals surface area (Å²) in [6.45, 7) is 2.21. The number of aryl methyl sites for hydroxylation is 1. The van der Waals surface area contributed by atoms with Crippen molar-refractivity contribution in [1.29, 1.82) is 0 Å². The highest BCUT2D eigenvalue weighted by molar-refractivity contribution is 5.94. The highest BCUT2D eigenvalue weighted by Gasteiger charge is 2.16. The van der Waals surface area contributed by atoms with E-state index in [2.05, 4.69) is 6.92 Å². The van der Waals surface area contributed by atoms with Gasteiger partial charge < -0.3 is 5.11 Å². The molecule has 22 heavy (non-hydrogen) atoms. The first-order valence-corrected chi connectivity index (χ1v) is 7.89.